The van der Waals surface area contributed by atoms with Gasteiger partial charge in [0.1, 0.15) is 12.0 Å². The van der Waals surface area contributed by atoms with Gasteiger partial charge in [-0.15, -0.1) is 0 Å². The van der Waals surface area contributed by atoms with Crippen LogP contribution in [0.5, 0.6) is 5.75 Å². The first kappa shape index (κ1) is 12.8. The number of carboxylic acid groups (broad SMARTS) is 1. The van der Waals surface area contributed by atoms with Crippen molar-refractivity contribution in [2.24, 2.45) is 0 Å². The number of hydrogen-bond acceptors (Lipinski definition) is 3. The molecule has 0 aromatic heterocycles. The average Bonchev–Trinajstić information content (AvgIpc) is 2.46. The van der Waals surface area contributed by atoms with Crippen molar-refractivity contribution in [3.63, 3.8) is 0 Å². The topological polar surface area (TPSA) is 63.6 Å². The number of carboxylic acids is 1. The molecule has 19 heavy (non-hydrogen) atoms. The van der Waals surface area contributed by atoms with Crippen molar-refractivity contribution in [2.45, 2.75) is 0 Å². The monoisotopic (exact) mass is 256 g/mol. The number of aromatic carboxylic acids is 1. The Kier molecular flexibility index (Phi) is 3.61. The highest BCUT2D eigenvalue weighted by atomic mass is 16.5. The first-order chi connectivity index (χ1) is 9.15. The summed E-state index contributed by atoms with van der Waals surface area (Å²) < 4.78 is 5.21. The summed E-state index contributed by atoms with van der Waals surface area (Å²) in [5.74, 6) is -0.547. The SMILES string of the molecule is COc1cc(C(=O)O)ccc1-c1cccc(C=O)c1. The third-order valence-electron chi connectivity index (χ3n) is 2.78. The molecule has 0 spiro atoms. The van der Waals surface area contributed by atoms with Crippen LogP contribution in [0.2, 0.25) is 0 Å². The lowest BCUT2D eigenvalue weighted by molar-refractivity contribution is 0.0696. The van der Waals surface area contributed by atoms with E-state index in [4.69, 9.17) is 9.84 Å². The predicted molar refractivity (Wildman–Crippen MR) is 70.8 cm³/mol. The van der Waals surface area contributed by atoms with Gasteiger partial charge in [0.25, 0.3) is 0 Å². The number of rotatable bonds is 4. The molecule has 0 heterocycles. The van der Waals surface area contributed by atoms with Crippen LogP contribution in [0, 0.1) is 0 Å². The van der Waals surface area contributed by atoms with Gasteiger partial charge in [0.15, 0.2) is 0 Å². The maximum absolute atomic E-state index is 10.9. The Morgan fingerprint density at radius 1 is 1.21 bits per heavy atom. The summed E-state index contributed by atoms with van der Waals surface area (Å²) in [6, 6.07) is 11.7. The number of ether oxygens (including phenoxy) is 1. The quantitative estimate of drug-likeness (QED) is 0.854. The molecule has 0 saturated carbocycles. The van der Waals surface area contributed by atoms with E-state index in [1.807, 2.05) is 6.07 Å². The van der Waals surface area contributed by atoms with Gasteiger partial charge < -0.3 is 9.84 Å². The van der Waals surface area contributed by atoms with Crippen LogP contribution in [0.1, 0.15) is 20.7 Å². The molecule has 0 aliphatic carbocycles. The molecule has 0 radical (unpaired) electrons. The van der Waals surface area contributed by atoms with E-state index in [0.717, 1.165) is 17.4 Å². The molecule has 0 bridgehead atoms. The van der Waals surface area contributed by atoms with Gasteiger partial charge in [-0.05, 0) is 29.8 Å². The molecule has 1 N–H and O–H groups in total. The predicted octanol–water partition coefficient (Wildman–Crippen LogP) is 2.87. The average molecular weight is 256 g/mol. The van der Waals surface area contributed by atoms with E-state index in [1.165, 1.54) is 19.2 Å². The van der Waals surface area contributed by atoms with Crippen molar-refractivity contribution in [3.05, 3.63) is 53.6 Å². The number of benzene rings is 2. The van der Waals surface area contributed by atoms with Gasteiger partial charge in [-0.25, -0.2) is 4.79 Å². The second kappa shape index (κ2) is 5.35. The third kappa shape index (κ3) is 2.63. The smallest absolute Gasteiger partial charge is 0.335 e. The Bertz CT molecular complexity index is 632. The number of hydrogen-bond donors (Lipinski definition) is 1. The highest BCUT2D eigenvalue weighted by Crippen LogP contribution is 2.31. The third-order valence-corrected chi connectivity index (χ3v) is 2.78. The standard InChI is InChI=1S/C15H12O4/c1-19-14-8-12(15(17)18)5-6-13(14)11-4-2-3-10(7-11)9-16/h2-9H,1H3,(H,17,18). The Morgan fingerprint density at radius 3 is 2.63 bits per heavy atom. The first-order valence-corrected chi connectivity index (χ1v) is 5.62. The van der Waals surface area contributed by atoms with Crippen molar-refractivity contribution >= 4 is 12.3 Å². The summed E-state index contributed by atoms with van der Waals surface area (Å²) in [6.45, 7) is 0. The normalized spacial score (nSPS) is 9.95. The fourth-order valence-electron chi connectivity index (χ4n) is 1.84. The van der Waals surface area contributed by atoms with E-state index in [9.17, 15) is 9.59 Å². The van der Waals surface area contributed by atoms with Crippen LogP contribution >= 0.6 is 0 Å². The van der Waals surface area contributed by atoms with Crippen molar-refractivity contribution in [2.75, 3.05) is 7.11 Å². The molecule has 0 saturated heterocycles. The maximum atomic E-state index is 10.9. The molecule has 96 valence electrons. The molecule has 0 unspecified atom stereocenters. The summed E-state index contributed by atoms with van der Waals surface area (Å²) in [6.07, 6.45) is 0.765. The van der Waals surface area contributed by atoms with Gasteiger partial charge >= 0.3 is 5.97 Å². The van der Waals surface area contributed by atoms with Gasteiger partial charge in [0.2, 0.25) is 0 Å². The fraction of sp³-hybridized carbons (Fsp3) is 0.0667. The van der Waals surface area contributed by atoms with E-state index in [2.05, 4.69) is 0 Å². The minimum atomic E-state index is -1.01. The van der Waals surface area contributed by atoms with Crippen LogP contribution < -0.4 is 4.74 Å². The lowest BCUT2D eigenvalue weighted by Crippen LogP contribution is -1.98. The number of carbonyl (C=O) groups is 2. The van der Waals surface area contributed by atoms with Crippen LogP contribution in [0.25, 0.3) is 11.1 Å². The molecular formula is C15H12O4. The molecule has 0 amide bonds. The van der Waals surface area contributed by atoms with Crippen LogP contribution in [0.3, 0.4) is 0 Å². The van der Waals surface area contributed by atoms with Gasteiger partial charge in [-0.2, -0.15) is 0 Å². The fourth-order valence-corrected chi connectivity index (χ4v) is 1.84. The minimum Gasteiger partial charge on any atom is -0.496 e. The Labute approximate surface area is 110 Å². The van der Waals surface area contributed by atoms with Gasteiger partial charge in [-0.1, -0.05) is 18.2 Å². The lowest BCUT2D eigenvalue weighted by atomic mass is 10.0. The van der Waals surface area contributed by atoms with Crippen LogP contribution in [0.15, 0.2) is 42.5 Å². The molecule has 4 nitrogen and oxygen atoms in total. The molecule has 0 atom stereocenters. The summed E-state index contributed by atoms with van der Waals surface area (Å²) in [4.78, 5) is 21.7. The molecule has 2 aromatic rings. The summed E-state index contributed by atoms with van der Waals surface area (Å²) in [5, 5.41) is 8.95. The Morgan fingerprint density at radius 2 is 2.00 bits per heavy atom. The summed E-state index contributed by atoms with van der Waals surface area (Å²) in [5.41, 5.74) is 2.27. The molecule has 2 rings (SSSR count). The van der Waals surface area contributed by atoms with E-state index in [-0.39, 0.29) is 5.56 Å². The van der Waals surface area contributed by atoms with Gasteiger partial charge in [-0.3, -0.25) is 4.79 Å². The summed E-state index contributed by atoms with van der Waals surface area (Å²) >= 11 is 0. The molecule has 0 aliphatic rings. The van der Waals surface area contributed by atoms with Gasteiger partial charge in [0.05, 0.1) is 12.7 Å². The van der Waals surface area contributed by atoms with E-state index >= 15 is 0 Å². The molecule has 0 aliphatic heterocycles. The van der Waals surface area contributed by atoms with Crippen molar-refractivity contribution in [3.8, 4) is 16.9 Å². The van der Waals surface area contributed by atoms with E-state index in [1.54, 1.807) is 24.3 Å². The van der Waals surface area contributed by atoms with Crippen LogP contribution in [0.4, 0.5) is 0 Å². The second-order valence-electron chi connectivity index (χ2n) is 3.96. The largest absolute Gasteiger partial charge is 0.496 e. The zero-order valence-corrected chi connectivity index (χ0v) is 10.3. The van der Waals surface area contributed by atoms with E-state index in [0.29, 0.717) is 11.3 Å². The summed E-state index contributed by atoms with van der Waals surface area (Å²) in [7, 11) is 1.48. The zero-order valence-electron chi connectivity index (χ0n) is 10.3. The molecule has 4 heteroatoms. The minimum absolute atomic E-state index is 0.159. The number of carbonyl (C=O) groups excluding carboxylic acids is 1. The second-order valence-corrected chi connectivity index (χ2v) is 3.96. The first-order valence-electron chi connectivity index (χ1n) is 5.62. The zero-order chi connectivity index (χ0) is 13.8. The highest BCUT2D eigenvalue weighted by molar-refractivity contribution is 5.90. The molecular weight excluding hydrogens is 244 g/mol. The maximum Gasteiger partial charge on any atom is 0.335 e. The Balaban J connectivity index is 2.54. The van der Waals surface area contributed by atoms with Crippen LogP contribution in [-0.4, -0.2) is 24.5 Å². The van der Waals surface area contributed by atoms with Crippen molar-refractivity contribution in [1.29, 1.82) is 0 Å². The Hall–Kier alpha value is -2.62. The van der Waals surface area contributed by atoms with Gasteiger partial charge in [0, 0.05) is 11.1 Å². The van der Waals surface area contributed by atoms with E-state index < -0.39 is 5.97 Å². The molecule has 2 aromatic carbocycles. The highest BCUT2D eigenvalue weighted by Gasteiger charge is 2.10. The number of methoxy groups -OCH3 is 1. The lowest BCUT2D eigenvalue weighted by Gasteiger charge is -2.10. The molecule has 0 fully saturated rings. The number of aldehydes is 1. The van der Waals surface area contributed by atoms with Crippen molar-refractivity contribution < 1.29 is 19.4 Å². The van der Waals surface area contributed by atoms with Crippen molar-refractivity contribution in [1.82, 2.24) is 0 Å². The van der Waals surface area contributed by atoms with Crippen LogP contribution in [-0.2, 0) is 0 Å².